The van der Waals surface area contributed by atoms with Crippen molar-refractivity contribution in [3.05, 3.63) is 35.9 Å². The quantitative estimate of drug-likeness (QED) is 0.740. The van der Waals surface area contributed by atoms with E-state index in [2.05, 4.69) is 31.2 Å². The van der Waals surface area contributed by atoms with Gasteiger partial charge in [0.15, 0.2) is 6.29 Å². The summed E-state index contributed by atoms with van der Waals surface area (Å²) in [6, 6.07) is 10.4. The fourth-order valence-electron chi connectivity index (χ4n) is 1.85. The van der Waals surface area contributed by atoms with Gasteiger partial charge in [0.25, 0.3) is 0 Å². The van der Waals surface area contributed by atoms with Crippen molar-refractivity contribution in [3.63, 3.8) is 0 Å². The lowest BCUT2D eigenvalue weighted by atomic mass is 10.0. The van der Waals surface area contributed by atoms with Crippen molar-refractivity contribution in [2.45, 2.75) is 32.0 Å². The van der Waals surface area contributed by atoms with E-state index in [1.54, 1.807) is 0 Å². The van der Waals surface area contributed by atoms with E-state index in [1.165, 1.54) is 5.56 Å². The van der Waals surface area contributed by atoms with Gasteiger partial charge in [0.1, 0.15) is 0 Å². The molecule has 15 heavy (non-hydrogen) atoms. The summed E-state index contributed by atoms with van der Waals surface area (Å²) in [5.74, 6) is 0.310. The van der Waals surface area contributed by atoms with Gasteiger partial charge in [0.2, 0.25) is 0 Å². The molecule has 0 saturated carbocycles. The Hall–Kier alpha value is -0.860. The summed E-state index contributed by atoms with van der Waals surface area (Å²) >= 11 is 0. The molecule has 1 aromatic carbocycles. The van der Waals surface area contributed by atoms with Crippen LogP contribution < -0.4 is 0 Å². The average molecular weight is 206 g/mol. The van der Waals surface area contributed by atoms with Gasteiger partial charge in [-0.3, -0.25) is 0 Å². The lowest BCUT2D eigenvalue weighted by Gasteiger charge is -2.22. The maximum atomic E-state index is 5.70. The van der Waals surface area contributed by atoms with Gasteiger partial charge in [-0.2, -0.15) is 0 Å². The van der Waals surface area contributed by atoms with Crippen molar-refractivity contribution in [3.8, 4) is 0 Å². The van der Waals surface area contributed by atoms with E-state index in [-0.39, 0.29) is 6.29 Å². The van der Waals surface area contributed by atoms with Gasteiger partial charge < -0.3 is 9.47 Å². The van der Waals surface area contributed by atoms with Crippen molar-refractivity contribution in [2.24, 2.45) is 0 Å². The van der Waals surface area contributed by atoms with Crippen LogP contribution in [-0.2, 0) is 9.47 Å². The van der Waals surface area contributed by atoms with Crippen LogP contribution in [-0.4, -0.2) is 19.5 Å². The van der Waals surface area contributed by atoms with Crippen LogP contribution in [0.25, 0.3) is 0 Å². The Kier molecular flexibility index (Phi) is 3.75. The Bertz CT molecular complexity index is 276. The smallest absolute Gasteiger partial charge is 0.164 e. The van der Waals surface area contributed by atoms with Gasteiger partial charge >= 0.3 is 0 Å². The summed E-state index contributed by atoms with van der Waals surface area (Å²) in [6.45, 7) is 3.80. The van der Waals surface area contributed by atoms with Crippen molar-refractivity contribution in [1.29, 1.82) is 0 Å². The van der Waals surface area contributed by atoms with E-state index < -0.39 is 0 Å². The lowest BCUT2D eigenvalue weighted by Crippen LogP contribution is -2.22. The van der Waals surface area contributed by atoms with Crippen LogP contribution in [0, 0.1) is 0 Å². The first kappa shape index (κ1) is 10.7. The van der Waals surface area contributed by atoms with Crippen molar-refractivity contribution < 1.29 is 9.47 Å². The second kappa shape index (κ2) is 5.29. The second-order valence-corrected chi connectivity index (χ2v) is 4.02. The molecule has 0 N–H and O–H groups in total. The van der Waals surface area contributed by atoms with E-state index in [0.717, 1.165) is 26.1 Å². The highest BCUT2D eigenvalue weighted by Crippen LogP contribution is 2.23. The summed E-state index contributed by atoms with van der Waals surface area (Å²) in [4.78, 5) is 0. The molecule has 82 valence electrons. The Morgan fingerprint density at radius 2 is 1.67 bits per heavy atom. The number of ether oxygens (including phenoxy) is 2. The number of rotatable bonds is 2. The van der Waals surface area contributed by atoms with Crippen molar-refractivity contribution >= 4 is 0 Å². The van der Waals surface area contributed by atoms with Gasteiger partial charge in [-0.15, -0.1) is 0 Å². The highest BCUT2D eigenvalue weighted by Gasteiger charge is 2.21. The zero-order chi connectivity index (χ0) is 10.5. The van der Waals surface area contributed by atoms with Crippen LogP contribution in [0.2, 0.25) is 0 Å². The summed E-state index contributed by atoms with van der Waals surface area (Å²) in [5, 5.41) is 0. The normalized spacial score (nSPS) is 20.9. The monoisotopic (exact) mass is 206 g/mol. The molecule has 0 radical (unpaired) electrons. The van der Waals surface area contributed by atoms with Gasteiger partial charge in [-0.25, -0.2) is 0 Å². The molecule has 1 aromatic rings. The maximum Gasteiger partial charge on any atom is 0.164 e. The summed E-state index contributed by atoms with van der Waals surface area (Å²) in [5.41, 5.74) is 1.28. The van der Waals surface area contributed by atoms with Gasteiger partial charge in [-0.05, 0) is 18.4 Å². The topological polar surface area (TPSA) is 18.5 Å². The van der Waals surface area contributed by atoms with Gasteiger partial charge in [0.05, 0.1) is 0 Å². The van der Waals surface area contributed by atoms with E-state index in [4.69, 9.17) is 9.47 Å². The van der Waals surface area contributed by atoms with E-state index in [9.17, 15) is 0 Å². The van der Waals surface area contributed by atoms with Crippen LogP contribution in [0.5, 0.6) is 0 Å². The minimum atomic E-state index is -0.0742. The first-order chi connectivity index (χ1) is 7.38. The minimum absolute atomic E-state index is 0.0742. The molecule has 0 bridgehead atoms. The fraction of sp³-hybridized carbons (Fsp3) is 0.538. The lowest BCUT2D eigenvalue weighted by molar-refractivity contribution is -0.137. The summed E-state index contributed by atoms with van der Waals surface area (Å²) in [6.07, 6.45) is 2.14. The molecular weight excluding hydrogens is 188 g/mol. The van der Waals surface area contributed by atoms with Crippen molar-refractivity contribution in [2.75, 3.05) is 13.2 Å². The van der Waals surface area contributed by atoms with E-state index in [1.807, 2.05) is 6.07 Å². The molecule has 1 saturated heterocycles. The average Bonchev–Trinajstić information content (AvgIpc) is 2.58. The molecule has 0 amide bonds. The first-order valence-corrected chi connectivity index (χ1v) is 5.66. The van der Waals surface area contributed by atoms with Crippen molar-refractivity contribution in [1.82, 2.24) is 0 Å². The molecule has 0 aliphatic carbocycles. The summed E-state index contributed by atoms with van der Waals surface area (Å²) < 4.78 is 11.4. The molecule has 1 unspecified atom stereocenters. The largest absolute Gasteiger partial charge is 0.352 e. The highest BCUT2D eigenvalue weighted by molar-refractivity contribution is 5.19. The Morgan fingerprint density at radius 3 is 2.27 bits per heavy atom. The predicted octanol–water partition coefficient (Wildman–Crippen LogP) is 2.94. The van der Waals surface area contributed by atoms with Crippen LogP contribution in [0.15, 0.2) is 30.3 Å². The third kappa shape index (κ3) is 2.80. The van der Waals surface area contributed by atoms with Crippen LogP contribution >= 0.6 is 0 Å². The number of hydrogen-bond acceptors (Lipinski definition) is 2. The molecule has 2 rings (SSSR count). The minimum Gasteiger partial charge on any atom is -0.352 e. The fourth-order valence-corrected chi connectivity index (χ4v) is 1.85. The first-order valence-electron chi connectivity index (χ1n) is 5.66. The van der Waals surface area contributed by atoms with E-state index >= 15 is 0 Å². The third-order valence-electron chi connectivity index (χ3n) is 2.84. The zero-order valence-corrected chi connectivity index (χ0v) is 9.19. The maximum absolute atomic E-state index is 5.70. The molecule has 1 aliphatic rings. The molecule has 1 heterocycles. The highest BCUT2D eigenvalue weighted by atomic mass is 16.7. The second-order valence-electron chi connectivity index (χ2n) is 4.02. The molecule has 1 aliphatic heterocycles. The SMILES string of the molecule is CC(c1ccccc1)C1OCCCCO1. The molecule has 0 spiro atoms. The molecule has 2 heteroatoms. The van der Waals surface area contributed by atoms with E-state index in [0.29, 0.717) is 5.92 Å². The Morgan fingerprint density at radius 1 is 1.07 bits per heavy atom. The molecular formula is C13H18O2. The van der Waals surface area contributed by atoms with Gasteiger partial charge in [-0.1, -0.05) is 37.3 Å². The van der Waals surface area contributed by atoms with Crippen LogP contribution in [0.1, 0.15) is 31.2 Å². The molecule has 1 fully saturated rings. The summed E-state index contributed by atoms with van der Waals surface area (Å²) in [7, 11) is 0. The van der Waals surface area contributed by atoms with Crippen LogP contribution in [0.3, 0.4) is 0 Å². The van der Waals surface area contributed by atoms with Gasteiger partial charge in [0, 0.05) is 19.1 Å². The Balaban J connectivity index is 2.03. The van der Waals surface area contributed by atoms with Crippen LogP contribution in [0.4, 0.5) is 0 Å². The number of benzene rings is 1. The third-order valence-corrected chi connectivity index (χ3v) is 2.84. The zero-order valence-electron chi connectivity index (χ0n) is 9.19. The molecule has 0 aromatic heterocycles. The molecule has 2 nitrogen and oxygen atoms in total. The predicted molar refractivity (Wildman–Crippen MR) is 59.8 cm³/mol. The molecule has 1 atom stereocenters. The standard InChI is InChI=1S/C13H18O2/c1-11(12-7-3-2-4-8-12)13-14-9-5-6-10-15-13/h2-4,7-8,11,13H,5-6,9-10H2,1H3. The Labute approximate surface area is 91.2 Å². The number of hydrogen-bond donors (Lipinski definition) is 0.